The topological polar surface area (TPSA) is 132 Å². The summed E-state index contributed by atoms with van der Waals surface area (Å²) in [6.07, 6.45) is 40.2. The molecule has 0 amide bonds. The van der Waals surface area contributed by atoms with E-state index in [9.17, 15) is 24.3 Å². The molecule has 1 aliphatic rings. The van der Waals surface area contributed by atoms with Gasteiger partial charge >= 0.3 is 19.8 Å². The summed E-state index contributed by atoms with van der Waals surface area (Å²) < 4.78 is 35.5. The van der Waals surface area contributed by atoms with Gasteiger partial charge in [0.05, 0.1) is 26.7 Å². The van der Waals surface area contributed by atoms with E-state index in [0.29, 0.717) is 36.7 Å². The van der Waals surface area contributed by atoms with Gasteiger partial charge in [-0.1, -0.05) is 141 Å². The minimum atomic E-state index is -4.53. The third-order valence-electron chi connectivity index (χ3n) is 12.9. The van der Waals surface area contributed by atoms with Crippen LogP contribution in [-0.4, -0.2) is 90.1 Å². The Morgan fingerprint density at radius 2 is 1.02 bits per heavy atom. The lowest BCUT2D eigenvalue weighted by atomic mass is 9.77. The standard InChI is InChI=1S/C52H98N2O9P/c1-9-11-13-15-17-19-21-23-25-27-29-31-33-35-37-39-49(55)60-45-48(63-50(56)40-38-36-34-32-30-28-26-24-22-20-18-16-14-12-10-2)46-62-64(58,59)61-42-41-54(7,8)47-43-51(3,4)53(57)52(5,6)44-47/h23-26,47-48H,9-22,27-46H2,1-8H3/p+1/b25-23-,26-24-/t48-/m1/s1. The number of ether oxygens (including phenoxy) is 2. The van der Waals surface area contributed by atoms with Crippen LogP contribution in [0, 0.1) is 0 Å². The van der Waals surface area contributed by atoms with E-state index in [1.54, 1.807) is 0 Å². The van der Waals surface area contributed by atoms with Crippen LogP contribution in [0.5, 0.6) is 0 Å². The Bertz CT molecular complexity index is 1290. The first-order valence-electron chi connectivity index (χ1n) is 26.0. The number of phosphoric ester groups is 1. The monoisotopic (exact) mass is 927 g/mol. The Labute approximate surface area is 393 Å². The maximum Gasteiger partial charge on any atom is 0.472 e. The lowest BCUT2D eigenvalue weighted by molar-refractivity contribution is -0.918. The van der Waals surface area contributed by atoms with Gasteiger partial charge in [0.15, 0.2) is 6.10 Å². The third kappa shape index (κ3) is 30.6. The number of hydroxylamine groups is 2. The molecule has 1 saturated heterocycles. The van der Waals surface area contributed by atoms with E-state index < -0.39 is 43.6 Å². The first kappa shape index (κ1) is 60.4. The predicted octanol–water partition coefficient (Wildman–Crippen LogP) is 14.1. The summed E-state index contributed by atoms with van der Waals surface area (Å²) in [7, 11) is -0.449. The highest BCUT2D eigenvalue weighted by molar-refractivity contribution is 7.47. The molecule has 1 fully saturated rings. The maximum absolute atomic E-state index is 13.1. The molecule has 1 rings (SSSR count). The largest absolute Gasteiger partial charge is 0.472 e. The summed E-state index contributed by atoms with van der Waals surface area (Å²) in [6, 6.07) is 0.143. The molecule has 1 unspecified atom stereocenters. The van der Waals surface area contributed by atoms with E-state index in [2.05, 4.69) is 38.2 Å². The molecule has 1 heterocycles. The smallest absolute Gasteiger partial charge is 0.462 e. The van der Waals surface area contributed by atoms with Gasteiger partial charge in [-0.3, -0.25) is 18.6 Å². The van der Waals surface area contributed by atoms with Crippen molar-refractivity contribution in [2.24, 2.45) is 0 Å². The zero-order valence-corrected chi connectivity index (χ0v) is 43.5. The normalized spacial score (nSPS) is 17.3. The number of quaternary nitrogens is 1. The number of carbonyl (C=O) groups excluding carboxylic acids is 2. The van der Waals surface area contributed by atoms with Crippen molar-refractivity contribution in [2.75, 3.05) is 40.5 Å². The molecule has 1 aliphatic heterocycles. The second kappa shape index (κ2) is 35.5. The van der Waals surface area contributed by atoms with Crippen LogP contribution in [0.3, 0.4) is 0 Å². The Morgan fingerprint density at radius 1 is 0.625 bits per heavy atom. The van der Waals surface area contributed by atoms with Gasteiger partial charge in [-0.15, -0.1) is 10.3 Å². The van der Waals surface area contributed by atoms with Crippen molar-refractivity contribution < 1.29 is 47.3 Å². The van der Waals surface area contributed by atoms with Crippen LogP contribution in [0.2, 0.25) is 0 Å². The number of allylic oxidation sites excluding steroid dienone is 4. The first-order chi connectivity index (χ1) is 30.5. The Kier molecular flexibility index (Phi) is 33.6. The molecule has 1 radical (unpaired) electrons. The van der Waals surface area contributed by atoms with Gasteiger partial charge in [-0.25, -0.2) is 4.57 Å². The predicted molar refractivity (Wildman–Crippen MR) is 262 cm³/mol. The van der Waals surface area contributed by atoms with Crippen LogP contribution in [0.1, 0.15) is 234 Å². The van der Waals surface area contributed by atoms with Crippen molar-refractivity contribution in [3.8, 4) is 0 Å². The van der Waals surface area contributed by atoms with Crippen LogP contribution in [-0.2, 0) is 37.9 Å². The van der Waals surface area contributed by atoms with Crippen LogP contribution in [0.15, 0.2) is 24.3 Å². The quantitative estimate of drug-likeness (QED) is 0.0209. The van der Waals surface area contributed by atoms with Crippen molar-refractivity contribution in [2.45, 2.75) is 257 Å². The lowest BCUT2D eigenvalue weighted by Gasteiger charge is -2.53. The highest BCUT2D eigenvalue weighted by Crippen LogP contribution is 2.44. The summed E-state index contributed by atoms with van der Waals surface area (Å²) in [6.45, 7) is 12.0. The summed E-state index contributed by atoms with van der Waals surface area (Å²) in [5.41, 5.74) is -1.08. The van der Waals surface area contributed by atoms with E-state index >= 15 is 0 Å². The van der Waals surface area contributed by atoms with Gasteiger partial charge in [0.1, 0.15) is 19.8 Å². The van der Waals surface area contributed by atoms with Crippen molar-refractivity contribution >= 4 is 19.8 Å². The minimum absolute atomic E-state index is 0.0515. The van der Waals surface area contributed by atoms with Crippen molar-refractivity contribution in [3.63, 3.8) is 0 Å². The summed E-state index contributed by atoms with van der Waals surface area (Å²) in [5.74, 6) is -0.851. The Morgan fingerprint density at radius 3 is 1.45 bits per heavy atom. The first-order valence-corrected chi connectivity index (χ1v) is 27.5. The molecule has 0 bridgehead atoms. The zero-order valence-electron chi connectivity index (χ0n) is 42.6. The molecule has 12 heteroatoms. The molecule has 0 aromatic heterocycles. The van der Waals surface area contributed by atoms with Gasteiger partial charge in [0, 0.05) is 36.8 Å². The summed E-state index contributed by atoms with van der Waals surface area (Å²) >= 11 is 0. The molecule has 375 valence electrons. The highest BCUT2D eigenvalue weighted by atomic mass is 31.2. The van der Waals surface area contributed by atoms with Gasteiger partial charge in [-0.2, -0.15) is 0 Å². The fourth-order valence-corrected chi connectivity index (χ4v) is 9.53. The number of piperidine rings is 1. The maximum atomic E-state index is 13.1. The van der Waals surface area contributed by atoms with E-state index in [1.807, 2.05) is 41.8 Å². The van der Waals surface area contributed by atoms with E-state index in [-0.39, 0.29) is 32.1 Å². The molecule has 0 aliphatic carbocycles. The number of rotatable bonds is 41. The number of carbonyl (C=O) groups is 2. The van der Waals surface area contributed by atoms with Crippen molar-refractivity contribution in [3.05, 3.63) is 24.3 Å². The molecule has 0 saturated carbocycles. The van der Waals surface area contributed by atoms with E-state index in [0.717, 1.165) is 64.2 Å². The second-order valence-electron chi connectivity index (χ2n) is 20.5. The average Bonchev–Trinajstić information content (AvgIpc) is 3.23. The summed E-state index contributed by atoms with van der Waals surface area (Å²) in [5, 5.41) is 14.1. The van der Waals surface area contributed by atoms with Crippen molar-refractivity contribution in [1.29, 1.82) is 0 Å². The molecule has 1 N–H and O–H groups in total. The van der Waals surface area contributed by atoms with E-state index in [4.69, 9.17) is 18.5 Å². The fourth-order valence-electron chi connectivity index (χ4n) is 8.79. The molecule has 0 spiro atoms. The van der Waals surface area contributed by atoms with Gasteiger partial charge in [0.25, 0.3) is 0 Å². The number of nitrogens with zero attached hydrogens (tertiary/aromatic N) is 2. The van der Waals surface area contributed by atoms with Crippen LogP contribution in [0.25, 0.3) is 0 Å². The molecular weight excluding hydrogens is 828 g/mol. The lowest BCUT2D eigenvalue weighted by Crippen LogP contribution is -2.65. The number of hydrogen-bond acceptors (Lipinski definition) is 8. The van der Waals surface area contributed by atoms with Crippen LogP contribution in [0.4, 0.5) is 0 Å². The molecular formula is C52H99N2O9P+. The Hall–Kier alpha value is -1.59. The molecule has 64 heavy (non-hydrogen) atoms. The average molecular weight is 927 g/mol. The molecule has 0 aromatic carbocycles. The van der Waals surface area contributed by atoms with Gasteiger partial charge in [-0.05, 0) is 91.9 Å². The minimum Gasteiger partial charge on any atom is -0.462 e. The van der Waals surface area contributed by atoms with E-state index in [1.165, 1.54) is 95.0 Å². The number of esters is 2. The second-order valence-corrected chi connectivity index (χ2v) is 22.0. The SMILES string of the molecule is CCCCCCCC/C=C\CCCCCCCC(=O)OC[C@H](COP(=O)(O)OCC[N+](C)(C)C1CC(C)(C)N([O])C(C)(C)C1)OC(=O)CCCCCCC/C=C\CCCCCCCC. The third-order valence-corrected chi connectivity index (χ3v) is 13.9. The highest BCUT2D eigenvalue weighted by Gasteiger charge is 2.50. The molecule has 11 nitrogen and oxygen atoms in total. The number of hydrogen-bond donors (Lipinski definition) is 1. The number of phosphoric acid groups is 1. The molecule has 2 atom stereocenters. The fraction of sp³-hybridized carbons (Fsp3) is 0.885. The molecule has 0 aromatic rings. The van der Waals surface area contributed by atoms with Gasteiger partial charge in [0.2, 0.25) is 0 Å². The Balaban J connectivity index is 2.53. The van der Waals surface area contributed by atoms with Crippen LogP contribution < -0.4 is 0 Å². The van der Waals surface area contributed by atoms with Gasteiger partial charge < -0.3 is 18.9 Å². The summed E-state index contributed by atoms with van der Waals surface area (Å²) in [4.78, 5) is 36.2. The zero-order chi connectivity index (χ0) is 47.6. The van der Waals surface area contributed by atoms with Crippen LogP contribution >= 0.6 is 7.82 Å². The number of likely N-dealkylation sites (N-methyl/N-ethyl adjacent to an activating group) is 1. The number of unbranched alkanes of at least 4 members (excludes halogenated alkanes) is 22. The van der Waals surface area contributed by atoms with Crippen molar-refractivity contribution in [1.82, 2.24) is 5.06 Å².